The average Bonchev–Trinajstić information content (AvgIpc) is 2.64. The van der Waals surface area contributed by atoms with Crippen molar-refractivity contribution in [1.29, 1.82) is 0 Å². The lowest BCUT2D eigenvalue weighted by atomic mass is 10.5. The van der Waals surface area contributed by atoms with Crippen LogP contribution in [0.2, 0.25) is 0 Å². The van der Waals surface area contributed by atoms with Crippen LogP contribution >= 0.6 is 0 Å². The third-order valence-electron chi connectivity index (χ3n) is 1.13. The van der Waals surface area contributed by atoms with Gasteiger partial charge in [0.25, 0.3) is 0 Å². The van der Waals surface area contributed by atoms with E-state index >= 15 is 0 Å². The molecule has 0 aliphatic heterocycles. The molecule has 0 radical (unpaired) electrons. The molecule has 5 heteroatoms. The Morgan fingerprint density at radius 1 is 0.619 bits per heavy atom. The summed E-state index contributed by atoms with van der Waals surface area (Å²) >= 11 is 0. The quantitative estimate of drug-likeness (QED) is 0.692. The van der Waals surface area contributed by atoms with Crippen LogP contribution in [0.3, 0.4) is 0 Å². The van der Waals surface area contributed by atoms with Gasteiger partial charge in [-0.1, -0.05) is 32.9 Å². The zero-order valence-corrected chi connectivity index (χ0v) is 14.1. The van der Waals surface area contributed by atoms with Gasteiger partial charge in [0.2, 0.25) is 0 Å². The molecular weight excluding hydrogens is 262 g/mol. The molecule has 21 heavy (non-hydrogen) atoms. The highest BCUT2D eigenvalue weighted by Gasteiger charge is 1.59. The first-order valence-electron chi connectivity index (χ1n) is 6.97. The summed E-state index contributed by atoms with van der Waals surface area (Å²) < 4.78 is 0. The molecule has 0 aliphatic rings. The Bertz CT molecular complexity index is 205. The Morgan fingerprint density at radius 2 is 0.810 bits per heavy atom. The number of hydrogen-bond donors (Lipinski definition) is 3. The lowest BCUT2D eigenvalue weighted by molar-refractivity contribution is 1.14. The summed E-state index contributed by atoms with van der Waals surface area (Å²) in [6, 6.07) is 11.4. The van der Waals surface area contributed by atoms with E-state index in [-0.39, 0.29) is 0 Å². The van der Waals surface area contributed by atoms with Crippen molar-refractivity contribution in [3.63, 3.8) is 0 Å². The summed E-state index contributed by atoms with van der Waals surface area (Å²) in [5.41, 5.74) is 13.8. The molecule has 0 bridgehead atoms. The number of nitrogens with two attached hydrogens (primary N) is 3. The topological polar surface area (TPSA) is 104 Å². The molecule has 2 aromatic rings. The van der Waals surface area contributed by atoms with Gasteiger partial charge in [0.1, 0.15) is 0 Å². The van der Waals surface area contributed by atoms with Crippen molar-refractivity contribution in [2.45, 2.75) is 20.8 Å². The zero-order valence-electron chi connectivity index (χ0n) is 14.1. The van der Waals surface area contributed by atoms with E-state index in [0.29, 0.717) is 0 Å². The van der Waals surface area contributed by atoms with Crippen LogP contribution in [0.15, 0.2) is 61.2 Å². The highest BCUT2D eigenvalue weighted by Crippen LogP contribution is 1.74. The van der Waals surface area contributed by atoms with E-state index in [1.807, 2.05) is 57.2 Å². The van der Waals surface area contributed by atoms with Crippen molar-refractivity contribution in [3.8, 4) is 0 Å². The largest absolute Gasteiger partial charge is 0.333 e. The third kappa shape index (κ3) is 45.9. The van der Waals surface area contributed by atoms with E-state index in [2.05, 4.69) is 21.4 Å². The minimum Gasteiger partial charge on any atom is -0.333 e. The Labute approximate surface area is 130 Å². The van der Waals surface area contributed by atoms with Crippen molar-refractivity contribution in [2.24, 2.45) is 17.2 Å². The molecule has 5 nitrogen and oxygen atoms in total. The molecule has 0 amide bonds. The van der Waals surface area contributed by atoms with Gasteiger partial charge in [0.15, 0.2) is 0 Å². The summed E-state index contributed by atoms with van der Waals surface area (Å²) in [5.74, 6) is 0. The second kappa shape index (κ2) is 42.9. The molecule has 0 aromatic carbocycles. The van der Waals surface area contributed by atoms with Crippen LogP contribution in [0.4, 0.5) is 0 Å². The highest BCUT2D eigenvalue weighted by atomic mass is 14.6. The lowest BCUT2D eigenvalue weighted by Gasteiger charge is -1.70. The predicted octanol–water partition coefficient (Wildman–Crippen LogP) is 2.30. The highest BCUT2D eigenvalue weighted by molar-refractivity contribution is 4.88. The molecule has 2 rings (SSSR count). The van der Waals surface area contributed by atoms with Gasteiger partial charge in [0, 0.05) is 24.8 Å². The van der Waals surface area contributed by atoms with Crippen LogP contribution in [0, 0.1) is 0 Å². The summed E-state index contributed by atoms with van der Waals surface area (Å²) in [6.45, 7) is 6.65. The van der Waals surface area contributed by atoms with Gasteiger partial charge in [-0.05, 0) is 44.9 Å². The number of nitrogens with zero attached hydrogens (tertiary/aromatic N) is 2. The van der Waals surface area contributed by atoms with Crippen molar-refractivity contribution in [1.82, 2.24) is 9.97 Å². The van der Waals surface area contributed by atoms with Crippen LogP contribution in [-0.2, 0) is 0 Å². The smallest absolute Gasteiger partial charge is 0.0267 e. The fourth-order valence-electron chi connectivity index (χ4n) is 0.625. The first-order chi connectivity index (χ1) is 10.4. The Morgan fingerprint density at radius 3 is 0.857 bits per heavy atom. The van der Waals surface area contributed by atoms with Crippen LogP contribution in [0.5, 0.6) is 0 Å². The van der Waals surface area contributed by atoms with Gasteiger partial charge < -0.3 is 17.2 Å². The van der Waals surface area contributed by atoms with E-state index in [0.717, 1.165) is 6.54 Å². The lowest BCUT2D eigenvalue weighted by Crippen LogP contribution is -1.87. The fraction of sp³-hybridized carbons (Fsp3) is 0.375. The molecule has 2 heterocycles. The summed E-state index contributed by atoms with van der Waals surface area (Å²) in [7, 11) is 3.00. The standard InChI is InChI=1S/2C5H5N.C2H7N.C2H6.2CH5N/c2*1-2-4-6-5-3-1;1-2-3;3*1-2/h2*1-5H;2-3H2,1H3;1-2H3;2*2H2,1H3. The Hall–Kier alpha value is -1.82. The molecule has 0 unspecified atom stereocenters. The van der Waals surface area contributed by atoms with E-state index in [1.165, 1.54) is 14.1 Å². The fourth-order valence-corrected chi connectivity index (χ4v) is 0.625. The number of hydrogen-bond acceptors (Lipinski definition) is 5. The van der Waals surface area contributed by atoms with Crippen molar-refractivity contribution in [3.05, 3.63) is 61.2 Å². The van der Waals surface area contributed by atoms with Gasteiger partial charge in [-0.2, -0.15) is 0 Å². The van der Waals surface area contributed by atoms with Crippen molar-refractivity contribution >= 4 is 0 Å². The predicted molar refractivity (Wildman–Crippen MR) is 94.8 cm³/mol. The molecule has 0 spiro atoms. The van der Waals surface area contributed by atoms with Crippen LogP contribution in [-0.4, -0.2) is 30.6 Å². The SMILES string of the molecule is CC.CCN.CN.CN.c1ccncc1.c1ccncc1. The summed E-state index contributed by atoms with van der Waals surface area (Å²) in [5, 5.41) is 0. The first-order valence-corrected chi connectivity index (χ1v) is 6.97. The average molecular weight is 295 g/mol. The summed E-state index contributed by atoms with van der Waals surface area (Å²) in [4.78, 5) is 7.57. The molecular formula is C16H33N5. The minimum absolute atomic E-state index is 0.750. The second-order valence-electron chi connectivity index (χ2n) is 2.46. The maximum absolute atomic E-state index is 4.85. The van der Waals surface area contributed by atoms with E-state index in [9.17, 15) is 0 Å². The molecule has 0 saturated carbocycles. The summed E-state index contributed by atoms with van der Waals surface area (Å²) in [6.07, 6.45) is 7.00. The maximum atomic E-state index is 4.85. The molecule has 122 valence electrons. The van der Waals surface area contributed by atoms with Crippen LogP contribution in [0.25, 0.3) is 0 Å². The maximum Gasteiger partial charge on any atom is 0.0267 e. The molecule has 0 aliphatic carbocycles. The van der Waals surface area contributed by atoms with E-state index in [1.54, 1.807) is 24.8 Å². The van der Waals surface area contributed by atoms with E-state index in [4.69, 9.17) is 5.73 Å². The number of rotatable bonds is 0. The Balaban J connectivity index is -0.0000000909. The molecule has 0 atom stereocenters. The number of pyridine rings is 2. The minimum atomic E-state index is 0.750. The second-order valence-corrected chi connectivity index (χ2v) is 2.46. The van der Waals surface area contributed by atoms with Crippen molar-refractivity contribution < 1.29 is 0 Å². The van der Waals surface area contributed by atoms with E-state index < -0.39 is 0 Å². The van der Waals surface area contributed by atoms with Gasteiger partial charge >= 0.3 is 0 Å². The monoisotopic (exact) mass is 295 g/mol. The molecule has 0 saturated heterocycles. The normalized spacial score (nSPS) is 6.29. The van der Waals surface area contributed by atoms with Crippen molar-refractivity contribution in [2.75, 3.05) is 20.6 Å². The van der Waals surface area contributed by atoms with Crippen LogP contribution in [0.1, 0.15) is 20.8 Å². The van der Waals surface area contributed by atoms with Gasteiger partial charge in [-0.25, -0.2) is 0 Å². The zero-order chi connectivity index (χ0) is 17.2. The molecule has 0 fully saturated rings. The van der Waals surface area contributed by atoms with Crippen LogP contribution < -0.4 is 17.2 Å². The molecule has 6 N–H and O–H groups in total. The third-order valence-corrected chi connectivity index (χ3v) is 1.13. The van der Waals surface area contributed by atoms with Gasteiger partial charge in [0.05, 0.1) is 0 Å². The number of aromatic nitrogens is 2. The Kier molecular flexibility index (Phi) is 56.2. The first kappa shape index (κ1) is 27.5. The van der Waals surface area contributed by atoms with Gasteiger partial charge in [-0.3, -0.25) is 9.97 Å². The molecule has 2 aromatic heterocycles. The van der Waals surface area contributed by atoms with Gasteiger partial charge in [-0.15, -0.1) is 0 Å².